The normalized spacial score (nSPS) is 26.5. The molecule has 1 fully saturated rings. The average Bonchev–Trinajstić information content (AvgIpc) is 2.79. The van der Waals surface area contributed by atoms with E-state index in [-0.39, 0.29) is 12.1 Å². The number of nitrogens with one attached hydrogen (secondary N) is 1. The molecule has 0 aromatic heterocycles. The highest BCUT2D eigenvalue weighted by molar-refractivity contribution is 5.58. The second-order valence-corrected chi connectivity index (χ2v) is 5.97. The fourth-order valence-electron chi connectivity index (χ4n) is 3.33. The van der Waals surface area contributed by atoms with Gasteiger partial charge in [0.1, 0.15) is 0 Å². The first-order valence-electron chi connectivity index (χ1n) is 7.48. The molecule has 0 bridgehead atoms. The van der Waals surface area contributed by atoms with Gasteiger partial charge in [0, 0.05) is 31.9 Å². The minimum absolute atomic E-state index is 0.158. The van der Waals surface area contributed by atoms with Gasteiger partial charge in [-0.05, 0) is 36.5 Å². The Balaban J connectivity index is 1.61. The number of benzene rings is 1. The van der Waals surface area contributed by atoms with E-state index in [1.54, 1.807) is 0 Å². The van der Waals surface area contributed by atoms with Gasteiger partial charge in [0.25, 0.3) is 0 Å². The molecule has 1 aliphatic carbocycles. The van der Waals surface area contributed by atoms with Gasteiger partial charge >= 0.3 is 0 Å². The molecule has 1 aromatic carbocycles. The molecule has 0 amide bonds. The van der Waals surface area contributed by atoms with Crippen LogP contribution in [0.15, 0.2) is 18.2 Å². The third-order valence-electron chi connectivity index (χ3n) is 4.57. The summed E-state index contributed by atoms with van der Waals surface area (Å²) < 4.78 is 0. The summed E-state index contributed by atoms with van der Waals surface area (Å²) in [5.74, 6) is 0. The maximum atomic E-state index is 9.97. The van der Waals surface area contributed by atoms with Crippen molar-refractivity contribution in [1.82, 2.24) is 5.32 Å². The highest BCUT2D eigenvalue weighted by Crippen LogP contribution is 2.27. The zero-order valence-corrected chi connectivity index (χ0v) is 11.7. The van der Waals surface area contributed by atoms with Crippen molar-refractivity contribution in [1.29, 1.82) is 0 Å². The first-order chi connectivity index (χ1) is 9.24. The Labute approximate surface area is 115 Å². The third-order valence-corrected chi connectivity index (χ3v) is 4.57. The largest absolute Gasteiger partial charge is 0.392 e. The van der Waals surface area contributed by atoms with Crippen molar-refractivity contribution in [2.75, 3.05) is 18.5 Å². The highest BCUT2D eigenvalue weighted by Gasteiger charge is 2.22. The van der Waals surface area contributed by atoms with Gasteiger partial charge in [-0.25, -0.2) is 0 Å². The maximum absolute atomic E-state index is 9.97. The van der Waals surface area contributed by atoms with E-state index in [0.717, 1.165) is 32.4 Å². The van der Waals surface area contributed by atoms with Crippen molar-refractivity contribution >= 4 is 5.69 Å². The van der Waals surface area contributed by atoms with Crippen LogP contribution in [0.4, 0.5) is 5.69 Å². The van der Waals surface area contributed by atoms with E-state index in [2.05, 4.69) is 35.5 Å². The molecular formula is C16H24N2O. The summed E-state index contributed by atoms with van der Waals surface area (Å²) in [4.78, 5) is 2.32. The Morgan fingerprint density at radius 1 is 1.32 bits per heavy atom. The summed E-state index contributed by atoms with van der Waals surface area (Å²) in [6.45, 7) is 2.01. The quantitative estimate of drug-likeness (QED) is 0.873. The number of rotatable bonds is 3. The molecule has 1 saturated carbocycles. The summed E-state index contributed by atoms with van der Waals surface area (Å²) in [6.07, 6.45) is 5.47. The van der Waals surface area contributed by atoms with Crippen molar-refractivity contribution in [3.63, 3.8) is 0 Å². The van der Waals surface area contributed by atoms with Crippen molar-refractivity contribution in [2.24, 2.45) is 0 Å². The molecule has 0 radical (unpaired) electrons. The van der Waals surface area contributed by atoms with Crippen LogP contribution in [0.2, 0.25) is 0 Å². The predicted octanol–water partition coefficient (Wildman–Crippen LogP) is 2.07. The van der Waals surface area contributed by atoms with Gasteiger partial charge in [0.15, 0.2) is 0 Å². The van der Waals surface area contributed by atoms with Crippen LogP contribution in [0, 0.1) is 0 Å². The molecule has 104 valence electrons. The van der Waals surface area contributed by atoms with Crippen molar-refractivity contribution in [3.05, 3.63) is 29.3 Å². The Hall–Kier alpha value is -1.06. The van der Waals surface area contributed by atoms with E-state index in [1.807, 2.05) is 0 Å². The lowest BCUT2D eigenvalue weighted by Gasteiger charge is -2.28. The number of fused-ring (bicyclic) bond motifs is 1. The van der Waals surface area contributed by atoms with Crippen LogP contribution in [-0.2, 0) is 13.0 Å². The highest BCUT2D eigenvalue weighted by atomic mass is 16.3. The summed E-state index contributed by atoms with van der Waals surface area (Å²) in [5.41, 5.74) is 4.18. The molecule has 3 rings (SSSR count). The van der Waals surface area contributed by atoms with Crippen molar-refractivity contribution < 1.29 is 5.11 Å². The molecule has 3 nitrogen and oxygen atoms in total. The fourth-order valence-corrected chi connectivity index (χ4v) is 3.33. The van der Waals surface area contributed by atoms with Crippen LogP contribution in [0.3, 0.4) is 0 Å². The first-order valence-corrected chi connectivity index (χ1v) is 7.48. The van der Waals surface area contributed by atoms with E-state index >= 15 is 0 Å². The van der Waals surface area contributed by atoms with Gasteiger partial charge in [-0.1, -0.05) is 25.0 Å². The van der Waals surface area contributed by atoms with Gasteiger partial charge in [-0.2, -0.15) is 0 Å². The summed E-state index contributed by atoms with van der Waals surface area (Å²) in [7, 11) is 2.15. The molecule has 1 heterocycles. The molecule has 2 aliphatic rings. The van der Waals surface area contributed by atoms with Crippen molar-refractivity contribution in [3.8, 4) is 0 Å². The van der Waals surface area contributed by atoms with E-state index in [1.165, 1.54) is 29.7 Å². The lowest BCUT2D eigenvalue weighted by Crippen LogP contribution is -2.41. The summed E-state index contributed by atoms with van der Waals surface area (Å²) in [6, 6.07) is 7.05. The zero-order chi connectivity index (χ0) is 13.2. The smallest absolute Gasteiger partial charge is 0.0693 e. The van der Waals surface area contributed by atoms with Gasteiger partial charge in [-0.15, -0.1) is 0 Å². The molecule has 0 saturated heterocycles. The molecule has 0 spiro atoms. The van der Waals surface area contributed by atoms with Crippen LogP contribution in [-0.4, -0.2) is 30.8 Å². The van der Waals surface area contributed by atoms with E-state index in [0.29, 0.717) is 0 Å². The van der Waals surface area contributed by atoms with E-state index in [9.17, 15) is 5.11 Å². The van der Waals surface area contributed by atoms with Gasteiger partial charge in [0.05, 0.1) is 6.10 Å². The summed E-state index contributed by atoms with van der Waals surface area (Å²) >= 11 is 0. The molecule has 1 aromatic rings. The average molecular weight is 260 g/mol. The number of aliphatic hydroxyl groups is 1. The molecule has 2 atom stereocenters. The van der Waals surface area contributed by atoms with Crippen molar-refractivity contribution in [2.45, 2.75) is 50.8 Å². The Morgan fingerprint density at radius 3 is 3.00 bits per heavy atom. The molecule has 3 heteroatoms. The standard InChI is InChI=1S/C16H24N2O/c1-18-9-8-13-10-12(6-7-15(13)18)11-17-14-4-2-3-5-16(14)19/h6-7,10,14,16-17,19H,2-5,8-9,11H2,1H3/t14-,16-/m0/s1. The molecule has 19 heavy (non-hydrogen) atoms. The second-order valence-electron chi connectivity index (χ2n) is 5.97. The minimum Gasteiger partial charge on any atom is -0.392 e. The molecular weight excluding hydrogens is 236 g/mol. The molecule has 1 aliphatic heterocycles. The fraction of sp³-hybridized carbons (Fsp3) is 0.625. The topological polar surface area (TPSA) is 35.5 Å². The van der Waals surface area contributed by atoms with Crippen LogP contribution < -0.4 is 10.2 Å². The molecule has 2 N–H and O–H groups in total. The maximum Gasteiger partial charge on any atom is 0.0693 e. The monoisotopic (exact) mass is 260 g/mol. The number of likely N-dealkylation sites (N-methyl/N-ethyl adjacent to an activating group) is 1. The Kier molecular flexibility index (Phi) is 3.76. The predicted molar refractivity (Wildman–Crippen MR) is 78.5 cm³/mol. The van der Waals surface area contributed by atoms with Gasteiger partial charge < -0.3 is 15.3 Å². The van der Waals surface area contributed by atoms with Crippen LogP contribution in [0.25, 0.3) is 0 Å². The summed E-state index contributed by atoms with van der Waals surface area (Å²) in [5, 5.41) is 13.5. The SMILES string of the molecule is CN1CCc2cc(CN[C@H]3CCCC[C@@H]3O)ccc21. The number of anilines is 1. The van der Waals surface area contributed by atoms with Gasteiger partial charge in [-0.3, -0.25) is 0 Å². The lowest BCUT2D eigenvalue weighted by atomic mass is 9.92. The van der Waals surface area contributed by atoms with Crippen LogP contribution in [0.1, 0.15) is 36.8 Å². The minimum atomic E-state index is -0.158. The first kappa shape index (κ1) is 12.9. The number of hydrogen-bond donors (Lipinski definition) is 2. The number of nitrogens with zero attached hydrogens (tertiary/aromatic N) is 1. The Bertz CT molecular complexity index is 446. The van der Waals surface area contributed by atoms with E-state index < -0.39 is 0 Å². The second kappa shape index (κ2) is 5.51. The van der Waals surface area contributed by atoms with Crippen LogP contribution >= 0.6 is 0 Å². The van der Waals surface area contributed by atoms with E-state index in [4.69, 9.17) is 0 Å². The Morgan fingerprint density at radius 2 is 2.16 bits per heavy atom. The van der Waals surface area contributed by atoms with Gasteiger partial charge in [0.2, 0.25) is 0 Å². The number of hydrogen-bond acceptors (Lipinski definition) is 3. The molecule has 0 unspecified atom stereocenters. The zero-order valence-electron chi connectivity index (χ0n) is 11.7. The third kappa shape index (κ3) is 2.77. The number of aliphatic hydroxyl groups excluding tert-OH is 1. The van der Waals surface area contributed by atoms with Crippen LogP contribution in [0.5, 0.6) is 0 Å². The lowest BCUT2D eigenvalue weighted by molar-refractivity contribution is 0.0902.